The number of aromatic nitrogens is 4. The lowest BCUT2D eigenvalue weighted by Gasteiger charge is -2.26. The maximum atomic E-state index is 5.99. The molecule has 1 saturated carbocycles. The number of nitrogens with zero attached hydrogens (tertiary/aromatic N) is 4. The van der Waals surface area contributed by atoms with E-state index in [1.165, 1.54) is 5.69 Å². The van der Waals surface area contributed by atoms with E-state index in [1.807, 2.05) is 30.2 Å². The summed E-state index contributed by atoms with van der Waals surface area (Å²) in [6.07, 6.45) is 8.98. The topological polar surface area (TPSA) is 81.7 Å². The number of aryl methyl sites for hydroxylation is 1. The van der Waals surface area contributed by atoms with Crippen molar-refractivity contribution in [1.29, 1.82) is 0 Å². The number of hydrogen-bond acceptors (Lipinski definition) is 5. The second kappa shape index (κ2) is 7.12. The Bertz CT molecular complexity index is 707. The second-order valence-corrected chi connectivity index (χ2v) is 8.39. The van der Waals surface area contributed by atoms with Crippen molar-refractivity contribution in [3.63, 3.8) is 0 Å². The van der Waals surface area contributed by atoms with Gasteiger partial charge >= 0.3 is 0 Å². The van der Waals surface area contributed by atoms with Crippen LogP contribution < -0.4 is 11.1 Å². The average Bonchev–Trinajstić information content (AvgIpc) is 2.89. The van der Waals surface area contributed by atoms with E-state index in [-0.39, 0.29) is 5.41 Å². The van der Waals surface area contributed by atoms with Crippen LogP contribution in [-0.4, -0.2) is 31.8 Å². The minimum absolute atomic E-state index is 0.192. The zero-order chi connectivity index (χ0) is 18.0. The predicted octanol–water partition coefficient (Wildman–Crippen LogP) is 3.15. The van der Waals surface area contributed by atoms with Crippen LogP contribution in [0.25, 0.3) is 11.3 Å². The van der Waals surface area contributed by atoms with Gasteiger partial charge in [-0.25, -0.2) is 9.97 Å². The highest BCUT2D eigenvalue weighted by Crippen LogP contribution is 2.29. The van der Waals surface area contributed by atoms with Gasteiger partial charge in [0.15, 0.2) is 0 Å². The lowest BCUT2D eigenvalue weighted by molar-refractivity contribution is 0.398. The van der Waals surface area contributed by atoms with E-state index < -0.39 is 0 Å². The van der Waals surface area contributed by atoms with Crippen LogP contribution in [0.1, 0.15) is 52.1 Å². The molecular weight excluding hydrogens is 312 g/mol. The largest absolute Gasteiger partial charge is 0.351 e. The Morgan fingerprint density at radius 2 is 1.96 bits per heavy atom. The monoisotopic (exact) mass is 342 g/mol. The second-order valence-electron chi connectivity index (χ2n) is 8.39. The van der Waals surface area contributed by atoms with Gasteiger partial charge in [-0.05, 0) is 43.6 Å². The Balaban J connectivity index is 1.80. The van der Waals surface area contributed by atoms with E-state index in [0.717, 1.165) is 43.4 Å². The molecule has 1 aliphatic carbocycles. The fourth-order valence-corrected chi connectivity index (χ4v) is 3.41. The highest BCUT2D eigenvalue weighted by molar-refractivity contribution is 5.62. The molecule has 0 spiro atoms. The summed E-state index contributed by atoms with van der Waals surface area (Å²) in [4.78, 5) is 9.16. The molecular formula is C19H30N6. The van der Waals surface area contributed by atoms with Crippen LogP contribution in [-0.2, 0) is 13.5 Å². The molecule has 0 amide bonds. The molecule has 2 heterocycles. The summed E-state index contributed by atoms with van der Waals surface area (Å²) >= 11 is 0. The third kappa shape index (κ3) is 4.57. The lowest BCUT2D eigenvalue weighted by atomic mass is 9.89. The first-order valence-electron chi connectivity index (χ1n) is 9.18. The van der Waals surface area contributed by atoms with Crippen LogP contribution in [0.2, 0.25) is 0 Å². The van der Waals surface area contributed by atoms with Crippen molar-refractivity contribution in [2.24, 2.45) is 18.2 Å². The molecule has 0 saturated heterocycles. The fourth-order valence-electron chi connectivity index (χ4n) is 3.41. The Morgan fingerprint density at radius 1 is 1.24 bits per heavy atom. The molecule has 6 nitrogen and oxygen atoms in total. The molecule has 0 aromatic carbocycles. The van der Waals surface area contributed by atoms with Crippen LogP contribution in [0.4, 0.5) is 5.95 Å². The van der Waals surface area contributed by atoms with Gasteiger partial charge in [-0.1, -0.05) is 20.8 Å². The zero-order valence-electron chi connectivity index (χ0n) is 15.8. The summed E-state index contributed by atoms with van der Waals surface area (Å²) in [6.45, 7) is 6.72. The van der Waals surface area contributed by atoms with Gasteiger partial charge in [0.05, 0.1) is 11.9 Å². The van der Waals surface area contributed by atoms with Crippen LogP contribution in [0, 0.1) is 5.41 Å². The molecule has 2 aromatic heterocycles. The van der Waals surface area contributed by atoms with Gasteiger partial charge < -0.3 is 11.1 Å². The molecule has 0 radical (unpaired) electrons. The van der Waals surface area contributed by atoms with E-state index >= 15 is 0 Å². The van der Waals surface area contributed by atoms with Gasteiger partial charge in [-0.3, -0.25) is 4.68 Å². The van der Waals surface area contributed by atoms with Crippen molar-refractivity contribution in [1.82, 2.24) is 19.7 Å². The molecule has 6 heteroatoms. The number of nitrogens with two attached hydrogens (primary N) is 1. The first-order valence-corrected chi connectivity index (χ1v) is 9.18. The van der Waals surface area contributed by atoms with Crippen LogP contribution in [0.15, 0.2) is 18.5 Å². The van der Waals surface area contributed by atoms with Crippen LogP contribution in [0.3, 0.4) is 0 Å². The van der Waals surface area contributed by atoms with Crippen molar-refractivity contribution in [3.8, 4) is 11.3 Å². The van der Waals surface area contributed by atoms with Gasteiger partial charge in [0.1, 0.15) is 0 Å². The van der Waals surface area contributed by atoms with Gasteiger partial charge in [0.25, 0.3) is 0 Å². The molecule has 2 aromatic rings. The molecule has 0 aliphatic heterocycles. The highest BCUT2D eigenvalue weighted by atomic mass is 15.3. The van der Waals surface area contributed by atoms with E-state index in [0.29, 0.717) is 18.0 Å². The Morgan fingerprint density at radius 3 is 2.64 bits per heavy atom. The zero-order valence-corrected chi connectivity index (χ0v) is 15.8. The molecule has 25 heavy (non-hydrogen) atoms. The number of anilines is 1. The minimum atomic E-state index is 0.192. The van der Waals surface area contributed by atoms with Gasteiger partial charge in [-0.2, -0.15) is 5.10 Å². The Kier molecular flexibility index (Phi) is 5.08. The average molecular weight is 342 g/mol. The first-order chi connectivity index (χ1) is 11.8. The number of nitrogens with one attached hydrogen (secondary N) is 1. The highest BCUT2D eigenvalue weighted by Gasteiger charge is 2.21. The molecule has 0 bridgehead atoms. The van der Waals surface area contributed by atoms with Crippen molar-refractivity contribution in [3.05, 3.63) is 24.2 Å². The standard InChI is InChI=1S/C19H30N6/c1-19(2,3)11-17-15(12-22-25(17)4)16-9-10-21-18(24-16)23-14-7-5-13(20)6-8-14/h9-10,12-14H,5-8,11,20H2,1-4H3,(H,21,23,24)/t13-,14-. The third-order valence-corrected chi connectivity index (χ3v) is 4.80. The quantitative estimate of drug-likeness (QED) is 0.892. The maximum Gasteiger partial charge on any atom is 0.223 e. The summed E-state index contributed by atoms with van der Waals surface area (Å²) in [5.74, 6) is 0.698. The first kappa shape index (κ1) is 17.9. The Labute approximate surface area is 150 Å². The minimum Gasteiger partial charge on any atom is -0.351 e. The van der Waals surface area contributed by atoms with Crippen molar-refractivity contribution in [2.75, 3.05) is 5.32 Å². The van der Waals surface area contributed by atoms with Crippen molar-refractivity contribution in [2.45, 2.75) is 65.0 Å². The molecule has 1 fully saturated rings. The smallest absolute Gasteiger partial charge is 0.223 e. The van der Waals surface area contributed by atoms with Crippen molar-refractivity contribution >= 4 is 5.95 Å². The molecule has 1 aliphatic rings. The molecule has 3 rings (SSSR count). The van der Waals surface area contributed by atoms with E-state index in [1.54, 1.807) is 0 Å². The number of rotatable bonds is 4. The third-order valence-electron chi connectivity index (χ3n) is 4.80. The van der Waals surface area contributed by atoms with E-state index in [2.05, 4.69) is 36.2 Å². The predicted molar refractivity (Wildman–Crippen MR) is 101 cm³/mol. The van der Waals surface area contributed by atoms with Crippen LogP contribution >= 0.6 is 0 Å². The van der Waals surface area contributed by atoms with Crippen LogP contribution in [0.5, 0.6) is 0 Å². The summed E-state index contributed by atoms with van der Waals surface area (Å²) in [7, 11) is 2.00. The normalized spacial score (nSPS) is 21.3. The van der Waals surface area contributed by atoms with E-state index in [4.69, 9.17) is 10.7 Å². The maximum absolute atomic E-state index is 5.99. The summed E-state index contributed by atoms with van der Waals surface area (Å²) in [5.41, 5.74) is 9.41. The lowest BCUT2D eigenvalue weighted by Crippen LogP contribution is -2.33. The molecule has 0 atom stereocenters. The summed E-state index contributed by atoms with van der Waals surface area (Å²) in [5, 5.41) is 7.93. The Hall–Kier alpha value is -1.95. The summed E-state index contributed by atoms with van der Waals surface area (Å²) in [6, 6.07) is 2.73. The molecule has 0 unspecified atom stereocenters. The van der Waals surface area contributed by atoms with Crippen molar-refractivity contribution < 1.29 is 0 Å². The molecule has 3 N–H and O–H groups in total. The van der Waals surface area contributed by atoms with Gasteiger partial charge in [-0.15, -0.1) is 0 Å². The van der Waals surface area contributed by atoms with Gasteiger partial charge in [0.2, 0.25) is 5.95 Å². The molecule has 136 valence electrons. The van der Waals surface area contributed by atoms with E-state index in [9.17, 15) is 0 Å². The summed E-state index contributed by atoms with van der Waals surface area (Å²) < 4.78 is 1.96. The van der Waals surface area contributed by atoms with Gasteiger partial charge in [0, 0.05) is 36.6 Å². The SMILES string of the molecule is Cn1ncc(-c2ccnc(N[C@H]3CC[C@H](N)CC3)n2)c1CC(C)(C)C. The number of hydrogen-bond donors (Lipinski definition) is 2. The fraction of sp³-hybridized carbons (Fsp3) is 0.632.